The van der Waals surface area contributed by atoms with E-state index in [-0.39, 0.29) is 42.2 Å². The zero-order chi connectivity index (χ0) is 16.6. The third kappa shape index (κ3) is 2.27. The van der Waals surface area contributed by atoms with Crippen LogP contribution in [0.3, 0.4) is 0 Å². The molecule has 0 bridgehead atoms. The van der Waals surface area contributed by atoms with Gasteiger partial charge in [-0.25, -0.2) is 4.79 Å². The first kappa shape index (κ1) is 14.9. The molecule has 3 rings (SSSR count). The number of nitrogens with zero attached hydrogens (tertiary/aromatic N) is 3. The lowest BCUT2D eigenvalue weighted by molar-refractivity contribution is -0.111. The Morgan fingerprint density at radius 2 is 2.13 bits per heavy atom. The van der Waals surface area contributed by atoms with Gasteiger partial charge in [-0.3, -0.25) is 9.59 Å². The van der Waals surface area contributed by atoms with Crippen molar-refractivity contribution in [2.45, 2.75) is 6.42 Å². The van der Waals surface area contributed by atoms with E-state index >= 15 is 0 Å². The molecule has 0 aromatic carbocycles. The lowest BCUT2D eigenvalue weighted by Gasteiger charge is -2.27. The van der Waals surface area contributed by atoms with Crippen LogP contribution in [-0.4, -0.2) is 42.3 Å². The number of urea groups is 1. The van der Waals surface area contributed by atoms with Gasteiger partial charge in [0.15, 0.2) is 0 Å². The molecule has 3 aliphatic rings. The zero-order valence-electron chi connectivity index (χ0n) is 11.7. The predicted octanol–water partition coefficient (Wildman–Crippen LogP) is 0.364. The summed E-state index contributed by atoms with van der Waals surface area (Å²) in [6, 6.07) is -1.04. The second-order valence-electron chi connectivity index (χ2n) is 4.78. The molecule has 2 N–H and O–H groups in total. The van der Waals surface area contributed by atoms with E-state index in [9.17, 15) is 19.3 Å². The molecule has 0 saturated heterocycles. The number of carbonyl (C=O) groups is 3. The minimum absolute atomic E-state index is 0.00841. The van der Waals surface area contributed by atoms with Crippen LogP contribution in [0, 0.1) is 4.91 Å². The number of carbonyl (C=O) groups excluding carboxylic acids is 3. The number of hydrogen-bond acceptors (Lipinski definition) is 6. The molecule has 2 aliphatic heterocycles. The number of allylic oxidation sites excluding steroid dienone is 1. The second-order valence-corrected chi connectivity index (χ2v) is 4.78. The predicted molar refractivity (Wildman–Crippen MR) is 78.9 cm³/mol. The Labute approximate surface area is 129 Å². The van der Waals surface area contributed by atoms with E-state index in [0.29, 0.717) is 5.57 Å². The van der Waals surface area contributed by atoms with E-state index in [0.717, 1.165) is 0 Å². The van der Waals surface area contributed by atoms with Gasteiger partial charge in [-0.2, -0.15) is 9.98 Å². The van der Waals surface area contributed by atoms with E-state index in [4.69, 9.17) is 10.5 Å². The Hall–Kier alpha value is -3.07. The van der Waals surface area contributed by atoms with E-state index in [1.54, 1.807) is 12.2 Å². The van der Waals surface area contributed by atoms with Crippen LogP contribution in [0.4, 0.5) is 4.79 Å². The summed E-state index contributed by atoms with van der Waals surface area (Å²) in [5, 5.41) is 2.28. The SMILES string of the molecule is NCCC1=C2OCC=CC2=C2C(C(=O)N=O)=NC(=O)N=C2C1=O. The maximum atomic E-state index is 12.6. The van der Waals surface area contributed by atoms with Gasteiger partial charge in [0, 0.05) is 21.9 Å². The van der Waals surface area contributed by atoms with Gasteiger partial charge in [-0.05, 0) is 19.0 Å². The summed E-state index contributed by atoms with van der Waals surface area (Å²) in [5.74, 6) is -1.56. The topological polar surface area (TPSA) is 141 Å². The fourth-order valence-corrected chi connectivity index (χ4v) is 2.57. The van der Waals surface area contributed by atoms with Gasteiger partial charge in [-0.1, -0.05) is 6.08 Å². The van der Waals surface area contributed by atoms with Crippen molar-refractivity contribution < 1.29 is 19.1 Å². The van der Waals surface area contributed by atoms with Gasteiger partial charge in [0.25, 0.3) is 0 Å². The van der Waals surface area contributed by atoms with Crippen molar-refractivity contribution in [3.05, 3.63) is 39.5 Å². The van der Waals surface area contributed by atoms with Crippen molar-refractivity contribution in [1.29, 1.82) is 0 Å². The van der Waals surface area contributed by atoms with Crippen LogP contribution >= 0.6 is 0 Å². The first-order chi connectivity index (χ1) is 11.1. The third-order valence-electron chi connectivity index (χ3n) is 3.45. The van der Waals surface area contributed by atoms with Crippen LogP contribution in [0.25, 0.3) is 0 Å². The molecule has 2 heterocycles. The molecule has 3 amide bonds. The molecule has 0 fully saturated rings. The molecule has 0 radical (unpaired) electrons. The first-order valence-corrected chi connectivity index (χ1v) is 6.70. The number of ether oxygens (including phenoxy) is 1. The molecule has 1 aliphatic carbocycles. The Morgan fingerprint density at radius 1 is 1.35 bits per heavy atom. The highest BCUT2D eigenvalue weighted by atomic mass is 16.5. The van der Waals surface area contributed by atoms with Gasteiger partial charge in [0.1, 0.15) is 23.8 Å². The van der Waals surface area contributed by atoms with E-state index in [2.05, 4.69) is 15.2 Å². The fraction of sp³-hybridized carbons (Fsp3) is 0.214. The summed E-state index contributed by atoms with van der Waals surface area (Å²) in [6.45, 7) is 0.433. The average molecular weight is 314 g/mol. The van der Waals surface area contributed by atoms with Gasteiger partial charge >= 0.3 is 11.9 Å². The van der Waals surface area contributed by atoms with E-state index < -0.39 is 23.4 Å². The highest BCUT2D eigenvalue weighted by molar-refractivity contribution is 6.67. The van der Waals surface area contributed by atoms with E-state index in [1.165, 1.54) is 0 Å². The molecule has 0 aromatic heterocycles. The van der Waals surface area contributed by atoms with Crippen LogP contribution in [0.5, 0.6) is 0 Å². The summed E-state index contributed by atoms with van der Waals surface area (Å²) in [7, 11) is 0. The van der Waals surface area contributed by atoms with Crippen molar-refractivity contribution in [2.75, 3.05) is 13.2 Å². The Morgan fingerprint density at radius 3 is 2.83 bits per heavy atom. The molecule has 9 heteroatoms. The number of ketones is 1. The number of nitroso groups, excluding NO2 is 1. The summed E-state index contributed by atoms with van der Waals surface area (Å²) in [5.41, 5.74) is 5.40. The second kappa shape index (κ2) is 5.61. The van der Waals surface area contributed by atoms with Gasteiger partial charge in [0.2, 0.25) is 5.78 Å². The van der Waals surface area contributed by atoms with E-state index in [1.807, 2.05) is 0 Å². The minimum Gasteiger partial charge on any atom is -0.488 e. The molecular formula is C14H10N4O5. The number of aliphatic imine (C=N–C) groups is 2. The van der Waals surface area contributed by atoms with Crippen LogP contribution in [0.15, 0.2) is 49.8 Å². The smallest absolute Gasteiger partial charge is 0.368 e. The Balaban J connectivity index is 2.31. The molecule has 0 aromatic rings. The Kier molecular flexibility index (Phi) is 3.62. The molecule has 0 atom stereocenters. The van der Waals surface area contributed by atoms with Crippen LogP contribution < -0.4 is 5.73 Å². The minimum atomic E-state index is -1.25. The summed E-state index contributed by atoms with van der Waals surface area (Å²) in [6.07, 6.45) is 3.50. The van der Waals surface area contributed by atoms with Gasteiger partial charge in [0.05, 0.1) is 0 Å². The van der Waals surface area contributed by atoms with Gasteiger partial charge in [-0.15, -0.1) is 4.91 Å². The zero-order valence-corrected chi connectivity index (χ0v) is 11.7. The number of fused-ring (bicyclic) bond motifs is 2. The van der Waals surface area contributed by atoms with Crippen LogP contribution in [0.2, 0.25) is 0 Å². The maximum absolute atomic E-state index is 12.6. The molecule has 23 heavy (non-hydrogen) atoms. The third-order valence-corrected chi connectivity index (χ3v) is 3.45. The monoisotopic (exact) mass is 314 g/mol. The molecule has 0 saturated carbocycles. The molecule has 0 unspecified atom stereocenters. The lowest BCUT2D eigenvalue weighted by atomic mass is 9.82. The summed E-state index contributed by atoms with van der Waals surface area (Å²) >= 11 is 0. The maximum Gasteiger partial charge on any atom is 0.368 e. The Bertz CT molecular complexity index is 813. The number of nitrogens with two attached hydrogens (primary N) is 1. The van der Waals surface area contributed by atoms with Crippen LogP contribution in [-0.2, 0) is 14.3 Å². The first-order valence-electron chi connectivity index (χ1n) is 6.70. The number of rotatable bonds is 3. The van der Waals surface area contributed by atoms with Crippen molar-refractivity contribution in [2.24, 2.45) is 20.9 Å². The standard InChI is InChI=1S/C14H10N4O5/c15-4-3-7-11(19)9-8(6-2-1-5-23-12(6)7)10(13(20)18-22)17-14(21)16-9/h1-2H,3-5,15H2. The molecule has 0 spiro atoms. The molecule has 116 valence electrons. The largest absolute Gasteiger partial charge is 0.488 e. The average Bonchev–Trinajstić information content (AvgIpc) is 2.57. The highest BCUT2D eigenvalue weighted by Crippen LogP contribution is 2.34. The van der Waals surface area contributed by atoms with Crippen molar-refractivity contribution in [1.82, 2.24) is 0 Å². The molecular weight excluding hydrogens is 304 g/mol. The van der Waals surface area contributed by atoms with Gasteiger partial charge < -0.3 is 10.5 Å². The number of hydrogen-bond donors (Lipinski definition) is 1. The van der Waals surface area contributed by atoms with Crippen molar-refractivity contribution >= 4 is 29.1 Å². The van der Waals surface area contributed by atoms with Crippen LogP contribution in [0.1, 0.15) is 6.42 Å². The number of Topliss-reactive ketones (excluding diaryl/α,β-unsaturated/α-hetero) is 1. The summed E-state index contributed by atoms with van der Waals surface area (Å²) in [4.78, 5) is 53.5. The summed E-state index contributed by atoms with van der Waals surface area (Å²) < 4.78 is 5.50. The van der Waals surface area contributed by atoms with Crippen molar-refractivity contribution in [3.63, 3.8) is 0 Å². The number of amides is 3. The highest BCUT2D eigenvalue weighted by Gasteiger charge is 2.40. The quantitative estimate of drug-likeness (QED) is 0.589. The fourth-order valence-electron chi connectivity index (χ4n) is 2.57. The van der Waals surface area contributed by atoms with Crippen molar-refractivity contribution in [3.8, 4) is 0 Å². The normalized spacial score (nSPS) is 19.7. The molecule has 9 nitrogen and oxygen atoms in total. The lowest BCUT2D eigenvalue weighted by Crippen LogP contribution is -2.37.